The van der Waals surface area contributed by atoms with Crippen molar-refractivity contribution in [3.8, 4) is 21.4 Å². The van der Waals surface area contributed by atoms with Crippen molar-refractivity contribution in [2.45, 2.75) is 20.3 Å². The minimum absolute atomic E-state index is 0.0345. The lowest BCUT2D eigenvalue weighted by atomic mass is 10.1. The molecule has 0 saturated heterocycles. The number of benzene rings is 1. The Morgan fingerprint density at radius 3 is 2.84 bits per heavy atom. The smallest absolute Gasteiger partial charge is 0.253 e. The lowest BCUT2D eigenvalue weighted by Gasteiger charge is -2.07. The molecule has 0 aliphatic carbocycles. The van der Waals surface area contributed by atoms with Crippen molar-refractivity contribution in [1.29, 1.82) is 0 Å². The zero-order valence-corrected chi connectivity index (χ0v) is 19.6. The summed E-state index contributed by atoms with van der Waals surface area (Å²) in [5, 5.41) is 6.86. The number of aryl methyl sites for hydroxylation is 1. The van der Waals surface area contributed by atoms with Gasteiger partial charge in [0.1, 0.15) is 16.5 Å². The van der Waals surface area contributed by atoms with Gasteiger partial charge in [0.2, 0.25) is 0 Å². The Balaban J connectivity index is 1.52. The Labute approximate surface area is 193 Å². The van der Waals surface area contributed by atoms with Crippen LogP contribution in [0.2, 0.25) is 0 Å². The van der Waals surface area contributed by atoms with Crippen LogP contribution in [-0.4, -0.2) is 27.0 Å². The Kier molecular flexibility index (Phi) is 5.40. The topological polar surface area (TPSA) is 69.0 Å². The largest absolute Gasteiger partial charge is 0.456 e. The molecule has 1 N–H and O–H groups in total. The van der Waals surface area contributed by atoms with Crippen LogP contribution in [0.1, 0.15) is 29.4 Å². The van der Waals surface area contributed by atoms with Gasteiger partial charge < -0.3 is 14.6 Å². The van der Waals surface area contributed by atoms with Gasteiger partial charge in [0.05, 0.1) is 26.2 Å². The summed E-state index contributed by atoms with van der Waals surface area (Å²) in [5.74, 6) is 1.44. The number of aromatic nitrogens is 3. The Morgan fingerprint density at radius 2 is 2.06 bits per heavy atom. The van der Waals surface area contributed by atoms with E-state index in [1.165, 1.54) is 0 Å². The van der Waals surface area contributed by atoms with Gasteiger partial charge in [-0.25, -0.2) is 4.98 Å². The molecule has 1 aromatic carbocycles. The quantitative estimate of drug-likeness (QED) is 0.328. The molecule has 0 radical (unpaired) electrons. The molecule has 162 valence electrons. The zero-order chi connectivity index (χ0) is 22.2. The number of rotatable bonds is 6. The fraction of sp³-hybridized carbons (Fsp3) is 0.208. The molecule has 0 atom stereocenters. The Morgan fingerprint density at radius 1 is 1.19 bits per heavy atom. The second-order valence-electron chi connectivity index (χ2n) is 7.53. The van der Waals surface area contributed by atoms with Crippen molar-refractivity contribution in [3.05, 3.63) is 59.4 Å². The van der Waals surface area contributed by atoms with Gasteiger partial charge in [-0.3, -0.25) is 9.78 Å². The standard InChI is InChI=1S/C24H22N4O2S2/c1-4-8-26-23(29)21-14(2)28(3)18-12-15(5-6-16(18)21)30-19-7-9-25-17-13-20(32-22(17)19)24-27-10-11-31-24/h5-7,9-13H,4,8H2,1-3H3,(H,26,29). The second-order valence-corrected chi connectivity index (χ2v) is 9.47. The van der Waals surface area contributed by atoms with Crippen LogP contribution in [0, 0.1) is 6.92 Å². The fourth-order valence-electron chi connectivity index (χ4n) is 3.79. The highest BCUT2D eigenvalue weighted by atomic mass is 32.1. The zero-order valence-electron chi connectivity index (χ0n) is 18.0. The van der Waals surface area contributed by atoms with E-state index in [0.717, 1.165) is 60.2 Å². The number of nitrogens with zero attached hydrogens (tertiary/aromatic N) is 3. The highest BCUT2D eigenvalue weighted by Crippen LogP contribution is 2.40. The number of amides is 1. The number of ether oxygens (including phenoxy) is 1. The van der Waals surface area contributed by atoms with Gasteiger partial charge in [-0.05, 0) is 31.5 Å². The van der Waals surface area contributed by atoms with E-state index in [9.17, 15) is 4.79 Å². The average Bonchev–Trinajstić information content (AvgIpc) is 3.52. The molecule has 0 spiro atoms. The predicted octanol–water partition coefficient (Wildman–Crippen LogP) is 6.15. The van der Waals surface area contributed by atoms with Crippen molar-refractivity contribution in [1.82, 2.24) is 19.9 Å². The van der Waals surface area contributed by atoms with Gasteiger partial charge in [-0.2, -0.15) is 0 Å². The van der Waals surface area contributed by atoms with E-state index in [0.29, 0.717) is 6.54 Å². The van der Waals surface area contributed by atoms with Gasteiger partial charge in [0.15, 0.2) is 0 Å². The third-order valence-electron chi connectivity index (χ3n) is 5.47. The van der Waals surface area contributed by atoms with Gasteiger partial charge in [-0.15, -0.1) is 22.7 Å². The molecule has 5 rings (SSSR count). The molecule has 4 heterocycles. The van der Waals surface area contributed by atoms with Crippen LogP contribution in [0.25, 0.3) is 31.0 Å². The van der Waals surface area contributed by atoms with Crippen LogP contribution in [0.15, 0.2) is 48.1 Å². The predicted molar refractivity (Wildman–Crippen MR) is 131 cm³/mol. The summed E-state index contributed by atoms with van der Waals surface area (Å²) >= 11 is 3.24. The first-order chi connectivity index (χ1) is 15.6. The number of hydrogen-bond acceptors (Lipinski definition) is 6. The summed E-state index contributed by atoms with van der Waals surface area (Å²) in [6.45, 7) is 4.68. The molecular weight excluding hydrogens is 440 g/mol. The van der Waals surface area contributed by atoms with Gasteiger partial charge in [-0.1, -0.05) is 6.92 Å². The molecule has 6 nitrogen and oxygen atoms in total. The summed E-state index contributed by atoms with van der Waals surface area (Å²) in [7, 11) is 1.97. The van der Waals surface area contributed by atoms with Crippen molar-refractivity contribution in [2.24, 2.45) is 7.05 Å². The molecule has 0 aliphatic heterocycles. The normalized spacial score (nSPS) is 11.3. The van der Waals surface area contributed by atoms with Crippen LogP contribution in [0.3, 0.4) is 0 Å². The van der Waals surface area contributed by atoms with Crippen molar-refractivity contribution in [3.63, 3.8) is 0 Å². The third kappa shape index (κ3) is 3.55. The van der Waals surface area contributed by atoms with Crippen LogP contribution in [0.4, 0.5) is 0 Å². The van der Waals surface area contributed by atoms with Gasteiger partial charge in [0, 0.05) is 54.6 Å². The van der Waals surface area contributed by atoms with Gasteiger partial charge in [0.25, 0.3) is 5.91 Å². The molecule has 0 saturated carbocycles. The molecule has 0 unspecified atom stereocenters. The SMILES string of the molecule is CCCNC(=O)c1c(C)n(C)c2cc(Oc3ccnc4cc(-c5nccs5)sc34)ccc12. The number of carbonyl (C=O) groups excluding carboxylic acids is 1. The summed E-state index contributed by atoms with van der Waals surface area (Å²) < 4.78 is 9.32. The molecule has 4 aromatic heterocycles. The van der Waals surface area contributed by atoms with Crippen LogP contribution >= 0.6 is 22.7 Å². The molecule has 0 bridgehead atoms. The molecular formula is C24H22N4O2S2. The fourth-order valence-corrected chi connectivity index (χ4v) is 5.57. The van der Waals surface area contributed by atoms with Crippen LogP contribution < -0.4 is 10.1 Å². The minimum atomic E-state index is -0.0345. The summed E-state index contributed by atoms with van der Waals surface area (Å²) in [5.41, 5.74) is 3.51. The summed E-state index contributed by atoms with van der Waals surface area (Å²) in [6, 6.07) is 9.80. The van der Waals surface area contributed by atoms with Crippen LogP contribution in [-0.2, 0) is 7.05 Å². The van der Waals surface area contributed by atoms with Gasteiger partial charge >= 0.3 is 0 Å². The maximum Gasteiger partial charge on any atom is 0.253 e. The van der Waals surface area contributed by atoms with E-state index in [2.05, 4.69) is 21.4 Å². The lowest BCUT2D eigenvalue weighted by Crippen LogP contribution is -2.24. The maximum atomic E-state index is 12.7. The molecule has 0 aliphatic rings. The van der Waals surface area contributed by atoms with E-state index < -0.39 is 0 Å². The molecule has 32 heavy (non-hydrogen) atoms. The minimum Gasteiger partial charge on any atom is -0.456 e. The number of fused-ring (bicyclic) bond motifs is 2. The number of nitrogens with one attached hydrogen (secondary N) is 1. The second kappa shape index (κ2) is 8.37. The molecule has 1 amide bonds. The van der Waals surface area contributed by atoms with Crippen molar-refractivity contribution < 1.29 is 9.53 Å². The summed E-state index contributed by atoms with van der Waals surface area (Å²) in [6.07, 6.45) is 4.47. The van der Waals surface area contributed by atoms with Crippen LogP contribution in [0.5, 0.6) is 11.5 Å². The highest BCUT2D eigenvalue weighted by molar-refractivity contribution is 7.25. The number of thiophene rings is 1. The van der Waals surface area contributed by atoms with E-state index in [1.807, 2.05) is 61.3 Å². The number of pyridine rings is 1. The van der Waals surface area contributed by atoms with E-state index in [1.54, 1.807) is 28.9 Å². The first kappa shape index (κ1) is 20.7. The molecule has 8 heteroatoms. The first-order valence-electron chi connectivity index (χ1n) is 10.4. The maximum absolute atomic E-state index is 12.7. The Hall–Kier alpha value is -3.23. The first-order valence-corrected chi connectivity index (χ1v) is 12.1. The van der Waals surface area contributed by atoms with Crippen molar-refractivity contribution in [2.75, 3.05) is 6.54 Å². The monoisotopic (exact) mass is 462 g/mol. The van der Waals surface area contributed by atoms with E-state index in [-0.39, 0.29) is 5.91 Å². The number of carbonyl (C=O) groups is 1. The lowest BCUT2D eigenvalue weighted by molar-refractivity contribution is 0.0954. The number of thiazole rings is 1. The molecule has 0 fully saturated rings. The average molecular weight is 463 g/mol. The Bertz CT molecular complexity index is 1430. The summed E-state index contributed by atoms with van der Waals surface area (Å²) in [4.78, 5) is 22.7. The number of hydrogen-bond donors (Lipinski definition) is 1. The van der Waals surface area contributed by atoms with Crippen molar-refractivity contribution >= 4 is 49.7 Å². The van der Waals surface area contributed by atoms with E-state index >= 15 is 0 Å². The molecule has 5 aromatic rings. The highest BCUT2D eigenvalue weighted by Gasteiger charge is 2.19. The third-order valence-corrected chi connectivity index (χ3v) is 7.56. The van der Waals surface area contributed by atoms with E-state index in [4.69, 9.17) is 4.74 Å².